The Morgan fingerprint density at radius 2 is 2.02 bits per heavy atom. The molecular formula is C34H36ClF2N5O2. The summed E-state index contributed by atoms with van der Waals surface area (Å²) in [5.41, 5.74) is 3.34. The number of halogens is 3. The maximum atomic E-state index is 16.8. The molecule has 1 amide bonds. The minimum absolute atomic E-state index is 0.0382. The molecule has 1 aliphatic carbocycles. The first kappa shape index (κ1) is 28.2. The van der Waals surface area contributed by atoms with Gasteiger partial charge in [-0.3, -0.25) is 9.69 Å². The lowest BCUT2D eigenvalue weighted by Gasteiger charge is -2.47. The number of amides is 1. The lowest BCUT2D eigenvalue weighted by Crippen LogP contribution is -2.63. The van der Waals surface area contributed by atoms with Gasteiger partial charge in [0.05, 0.1) is 22.6 Å². The second kappa shape index (κ2) is 10.7. The summed E-state index contributed by atoms with van der Waals surface area (Å²) in [7, 11) is 0. The second-order valence-electron chi connectivity index (χ2n) is 13.1. The van der Waals surface area contributed by atoms with Gasteiger partial charge in [-0.15, -0.1) is 0 Å². The summed E-state index contributed by atoms with van der Waals surface area (Å²) in [6.45, 7) is 6.36. The van der Waals surface area contributed by atoms with E-state index in [1.807, 2.05) is 17.0 Å². The van der Waals surface area contributed by atoms with Crippen molar-refractivity contribution in [3.05, 3.63) is 58.9 Å². The number of benzene rings is 2. The number of ether oxygens (including phenoxy) is 1. The number of rotatable bonds is 6. The molecule has 1 aromatic heterocycles. The van der Waals surface area contributed by atoms with Crippen LogP contribution in [0, 0.1) is 5.82 Å². The van der Waals surface area contributed by atoms with Gasteiger partial charge < -0.3 is 14.5 Å². The van der Waals surface area contributed by atoms with Crippen LogP contribution in [0.2, 0.25) is 5.02 Å². The molecule has 8 rings (SSSR count). The highest BCUT2D eigenvalue weighted by Crippen LogP contribution is 2.45. The van der Waals surface area contributed by atoms with Crippen LogP contribution in [0.3, 0.4) is 0 Å². The third-order valence-corrected chi connectivity index (χ3v) is 11.1. The van der Waals surface area contributed by atoms with E-state index >= 15 is 4.39 Å². The molecule has 10 heteroatoms. The summed E-state index contributed by atoms with van der Waals surface area (Å²) in [6, 6.07) is 7.99. The van der Waals surface area contributed by atoms with Crippen LogP contribution < -0.4 is 9.64 Å². The van der Waals surface area contributed by atoms with E-state index in [4.69, 9.17) is 21.3 Å². The monoisotopic (exact) mass is 619 g/mol. The summed E-state index contributed by atoms with van der Waals surface area (Å²) in [6.07, 6.45) is 7.55. The van der Waals surface area contributed by atoms with Crippen molar-refractivity contribution in [2.45, 2.75) is 75.2 Å². The number of carbonyl (C=O) groups excluding carboxylic acids is 1. The van der Waals surface area contributed by atoms with Crippen molar-refractivity contribution >= 4 is 34.2 Å². The van der Waals surface area contributed by atoms with E-state index in [0.29, 0.717) is 47.8 Å². The van der Waals surface area contributed by atoms with Crippen molar-refractivity contribution in [3.63, 3.8) is 0 Å². The standard InChI is InChI=1S/C34H36ClF2N5O2/c1-2-28(43)41-14-11-26-27(41)18-42(26)32-24-15-25(35)29(23-10-5-8-20-7-3-4-9-22(20)23)30(37)31(24)38-33(39-32)44-19-34-12-6-13-40(34)17-21(36)16-34/h2,5,8,10,15,21,26-27H,1,3-4,6-7,9,11-14,16-19H2/t21-,26-,27-,34?/m1/s1. The van der Waals surface area contributed by atoms with E-state index in [9.17, 15) is 9.18 Å². The van der Waals surface area contributed by atoms with Crippen molar-refractivity contribution in [2.24, 2.45) is 0 Å². The number of aromatic nitrogens is 2. The molecule has 3 aromatic rings. The highest BCUT2D eigenvalue weighted by Gasteiger charge is 2.51. The SMILES string of the molecule is C=CC(=O)N1CC[C@@H]2[C@H]1CN2c1nc(OCC23CCCN2C[C@H](F)C3)nc2c(F)c(-c3cccc4c3CCCC4)c(Cl)cc12. The maximum Gasteiger partial charge on any atom is 0.319 e. The van der Waals surface area contributed by atoms with Crippen LogP contribution in [0.1, 0.15) is 49.7 Å². The van der Waals surface area contributed by atoms with Crippen molar-refractivity contribution < 1.29 is 18.3 Å². The molecule has 0 spiro atoms. The number of nitrogens with zero attached hydrogens (tertiary/aromatic N) is 5. The normalized spacial score (nSPS) is 27.7. The summed E-state index contributed by atoms with van der Waals surface area (Å²) in [5, 5.41) is 0.838. The van der Waals surface area contributed by atoms with Crippen molar-refractivity contribution in [3.8, 4) is 17.1 Å². The Balaban J connectivity index is 1.22. The number of aryl methyl sites for hydroxylation is 1. The Morgan fingerprint density at radius 3 is 2.89 bits per heavy atom. The van der Waals surface area contributed by atoms with Gasteiger partial charge in [-0.25, -0.2) is 8.78 Å². The fourth-order valence-corrected chi connectivity index (χ4v) is 8.90. The highest BCUT2D eigenvalue weighted by molar-refractivity contribution is 6.34. The summed E-state index contributed by atoms with van der Waals surface area (Å²) in [5.74, 6) is -0.0174. The van der Waals surface area contributed by atoms with Gasteiger partial charge in [0.25, 0.3) is 0 Å². The lowest BCUT2D eigenvalue weighted by molar-refractivity contribution is -0.127. The van der Waals surface area contributed by atoms with Gasteiger partial charge in [0.2, 0.25) is 5.91 Å². The Bertz CT molecular complexity index is 1690. The molecule has 230 valence electrons. The molecule has 0 saturated carbocycles. The van der Waals surface area contributed by atoms with Gasteiger partial charge in [0, 0.05) is 37.0 Å². The van der Waals surface area contributed by atoms with Crippen LogP contribution in [0.5, 0.6) is 6.01 Å². The Labute approximate surface area is 260 Å². The van der Waals surface area contributed by atoms with Gasteiger partial charge >= 0.3 is 6.01 Å². The maximum absolute atomic E-state index is 16.8. The van der Waals surface area contributed by atoms with E-state index < -0.39 is 12.0 Å². The molecule has 4 fully saturated rings. The first-order valence-corrected chi connectivity index (χ1v) is 16.3. The molecule has 2 aromatic carbocycles. The molecule has 7 nitrogen and oxygen atoms in total. The van der Waals surface area contributed by atoms with E-state index in [1.165, 1.54) is 11.6 Å². The minimum atomic E-state index is -0.882. The number of alkyl halides is 1. The predicted molar refractivity (Wildman–Crippen MR) is 167 cm³/mol. The van der Waals surface area contributed by atoms with E-state index in [2.05, 4.69) is 27.4 Å². The van der Waals surface area contributed by atoms with Gasteiger partial charge in [-0.1, -0.05) is 36.4 Å². The smallest absolute Gasteiger partial charge is 0.319 e. The second-order valence-corrected chi connectivity index (χ2v) is 13.5. The molecular weight excluding hydrogens is 584 g/mol. The molecule has 0 N–H and O–H groups in total. The summed E-state index contributed by atoms with van der Waals surface area (Å²) in [4.78, 5) is 28.1. The van der Waals surface area contributed by atoms with Crippen LogP contribution in [0.4, 0.5) is 14.6 Å². The number of likely N-dealkylation sites (tertiary alicyclic amines) is 1. The molecule has 1 unspecified atom stereocenters. The van der Waals surface area contributed by atoms with Gasteiger partial charge in [0.15, 0.2) is 5.82 Å². The molecule has 4 aliphatic heterocycles. The quantitative estimate of drug-likeness (QED) is 0.320. The molecule has 5 heterocycles. The molecule has 44 heavy (non-hydrogen) atoms. The van der Waals surface area contributed by atoms with Crippen molar-refractivity contribution in [2.75, 3.05) is 37.7 Å². The lowest BCUT2D eigenvalue weighted by atomic mass is 9.85. The zero-order valence-electron chi connectivity index (χ0n) is 24.7. The molecule has 5 aliphatic rings. The van der Waals surface area contributed by atoms with E-state index in [-0.39, 0.29) is 41.7 Å². The van der Waals surface area contributed by atoms with Crippen LogP contribution >= 0.6 is 11.6 Å². The first-order valence-electron chi connectivity index (χ1n) is 15.9. The molecule has 4 saturated heterocycles. The number of hydrogen-bond donors (Lipinski definition) is 0. The number of fused-ring (bicyclic) bond motifs is 4. The van der Waals surface area contributed by atoms with E-state index in [0.717, 1.165) is 62.6 Å². The van der Waals surface area contributed by atoms with Gasteiger partial charge in [-0.05, 0) is 80.3 Å². The zero-order chi connectivity index (χ0) is 30.2. The van der Waals surface area contributed by atoms with Crippen LogP contribution in [0.15, 0.2) is 36.9 Å². The van der Waals surface area contributed by atoms with Crippen LogP contribution in [-0.2, 0) is 17.6 Å². The molecule has 4 atom stereocenters. The van der Waals surface area contributed by atoms with Gasteiger partial charge in [-0.2, -0.15) is 9.97 Å². The van der Waals surface area contributed by atoms with Crippen LogP contribution in [-0.4, -0.2) is 82.3 Å². The largest absolute Gasteiger partial charge is 0.461 e. The number of hydrogen-bond acceptors (Lipinski definition) is 6. The predicted octanol–water partition coefficient (Wildman–Crippen LogP) is 5.90. The number of carbonyl (C=O) groups is 1. The van der Waals surface area contributed by atoms with Gasteiger partial charge in [0.1, 0.15) is 24.1 Å². The molecule has 0 radical (unpaired) electrons. The fraction of sp³-hybridized carbons (Fsp3) is 0.500. The average Bonchev–Trinajstić information content (AvgIpc) is 3.65. The zero-order valence-corrected chi connectivity index (χ0v) is 25.5. The summed E-state index contributed by atoms with van der Waals surface area (Å²) >= 11 is 6.93. The van der Waals surface area contributed by atoms with Crippen LogP contribution in [0.25, 0.3) is 22.0 Å². The topological polar surface area (TPSA) is 61.8 Å². The fourth-order valence-electron chi connectivity index (χ4n) is 8.61. The third kappa shape index (κ3) is 4.33. The van der Waals surface area contributed by atoms with Crippen molar-refractivity contribution in [1.29, 1.82) is 0 Å². The summed E-state index contributed by atoms with van der Waals surface area (Å²) < 4.78 is 37.6. The Morgan fingerprint density at radius 1 is 1.16 bits per heavy atom. The highest BCUT2D eigenvalue weighted by atomic mass is 35.5. The average molecular weight is 620 g/mol. The van der Waals surface area contributed by atoms with E-state index in [1.54, 1.807) is 6.07 Å². The third-order valence-electron chi connectivity index (χ3n) is 10.8. The Kier molecular flexibility index (Phi) is 6.83. The minimum Gasteiger partial charge on any atom is -0.461 e. The number of anilines is 1. The first-order chi connectivity index (χ1) is 21.4. The Hall–Kier alpha value is -3.30. The van der Waals surface area contributed by atoms with Crippen molar-refractivity contribution in [1.82, 2.24) is 19.8 Å². The molecule has 0 bridgehead atoms.